The lowest BCUT2D eigenvalue weighted by Gasteiger charge is -2.32. The summed E-state index contributed by atoms with van der Waals surface area (Å²) in [6, 6.07) is 6.83. The zero-order valence-electron chi connectivity index (χ0n) is 23.8. The van der Waals surface area contributed by atoms with E-state index in [1.807, 2.05) is 0 Å². The summed E-state index contributed by atoms with van der Waals surface area (Å²) in [6.07, 6.45) is 14.1. The van der Waals surface area contributed by atoms with Crippen molar-refractivity contribution in [2.45, 2.75) is 115 Å². The Kier molecular flexibility index (Phi) is 11.3. The zero-order valence-corrected chi connectivity index (χ0v) is 23.8. The quantitative estimate of drug-likeness (QED) is 0.172. The van der Waals surface area contributed by atoms with Gasteiger partial charge in [0.15, 0.2) is 17.4 Å². The van der Waals surface area contributed by atoms with E-state index in [9.17, 15) is 26.3 Å². The summed E-state index contributed by atoms with van der Waals surface area (Å²) in [7, 11) is 0. The number of ether oxygens (including phenoxy) is 2. The molecule has 41 heavy (non-hydrogen) atoms. The lowest BCUT2D eigenvalue weighted by Crippen LogP contribution is -2.23. The van der Waals surface area contributed by atoms with Crippen molar-refractivity contribution in [2.75, 3.05) is 0 Å². The van der Waals surface area contributed by atoms with E-state index in [0.717, 1.165) is 36.2 Å². The highest BCUT2D eigenvalue weighted by Gasteiger charge is 2.37. The van der Waals surface area contributed by atoms with Crippen molar-refractivity contribution in [3.63, 3.8) is 0 Å². The molecule has 0 bridgehead atoms. The molecule has 2 aliphatic carbocycles. The van der Waals surface area contributed by atoms with Crippen LogP contribution in [0.25, 0.3) is 0 Å². The molecule has 2 aliphatic rings. The van der Waals surface area contributed by atoms with Gasteiger partial charge in [0.25, 0.3) is 0 Å². The van der Waals surface area contributed by atoms with Crippen LogP contribution in [0, 0.1) is 29.4 Å². The Bertz CT molecular complexity index is 1050. The molecule has 4 rings (SSSR count). The van der Waals surface area contributed by atoms with Crippen molar-refractivity contribution >= 4 is 0 Å². The SMILES string of the molecule is CCCCCC1CCC(CCC2CCC(c3ccc(OC(F)(F)c4cc(F)c(OC(F)F)c(F)c4)cc3)CC2)CC1. The highest BCUT2D eigenvalue weighted by Crippen LogP contribution is 2.41. The summed E-state index contributed by atoms with van der Waals surface area (Å²) in [5.41, 5.74) is -0.0809. The summed E-state index contributed by atoms with van der Waals surface area (Å²) in [5, 5.41) is 0. The van der Waals surface area contributed by atoms with Crippen LogP contribution >= 0.6 is 0 Å². The standard InChI is InChI=1S/C33H42F6O2/c1-2-3-4-5-22-6-8-23(9-7-22)10-11-24-12-14-25(15-13-24)26-16-18-28(19-17-26)41-33(38,39)27-20-29(34)31(30(35)21-27)40-32(36)37/h16-25,32H,2-15H2,1H3. The molecule has 0 radical (unpaired) electrons. The molecule has 2 nitrogen and oxygen atoms in total. The molecular weight excluding hydrogens is 542 g/mol. The molecule has 0 unspecified atom stereocenters. The molecular formula is C33H42F6O2. The minimum absolute atomic E-state index is 0.166. The summed E-state index contributed by atoms with van der Waals surface area (Å²) >= 11 is 0. The molecule has 0 spiro atoms. The van der Waals surface area contributed by atoms with Gasteiger partial charge in [-0.05, 0) is 79.2 Å². The first kappa shape index (κ1) is 31.6. The number of hydrogen-bond donors (Lipinski definition) is 0. The maximum absolute atomic E-state index is 14.6. The second-order valence-electron chi connectivity index (χ2n) is 12.0. The summed E-state index contributed by atoms with van der Waals surface area (Å²) in [6.45, 7) is -1.23. The minimum Gasteiger partial charge on any atom is -0.429 e. The van der Waals surface area contributed by atoms with Crippen molar-refractivity contribution in [3.05, 3.63) is 59.2 Å². The fourth-order valence-electron chi connectivity index (χ4n) is 6.69. The first-order valence-electron chi connectivity index (χ1n) is 15.3. The predicted octanol–water partition coefficient (Wildman–Crippen LogP) is 11.1. The smallest absolute Gasteiger partial charge is 0.426 e. The van der Waals surface area contributed by atoms with Gasteiger partial charge in [0.1, 0.15) is 5.75 Å². The molecule has 2 saturated carbocycles. The molecule has 8 heteroatoms. The average molecular weight is 585 g/mol. The number of rotatable bonds is 13. The van der Waals surface area contributed by atoms with Crippen molar-refractivity contribution in [3.8, 4) is 11.5 Å². The van der Waals surface area contributed by atoms with Gasteiger partial charge in [-0.25, -0.2) is 8.78 Å². The first-order chi connectivity index (χ1) is 19.6. The van der Waals surface area contributed by atoms with Crippen LogP contribution in [0.1, 0.15) is 114 Å². The Morgan fingerprint density at radius 3 is 1.78 bits per heavy atom. The van der Waals surface area contributed by atoms with Crippen LogP contribution < -0.4 is 9.47 Å². The Hall–Kier alpha value is -2.38. The first-order valence-corrected chi connectivity index (χ1v) is 15.3. The largest absolute Gasteiger partial charge is 0.429 e. The van der Waals surface area contributed by atoms with E-state index in [1.54, 1.807) is 12.1 Å². The van der Waals surface area contributed by atoms with Crippen LogP contribution in [-0.4, -0.2) is 6.61 Å². The van der Waals surface area contributed by atoms with Crippen molar-refractivity contribution < 1.29 is 35.8 Å². The monoisotopic (exact) mass is 584 g/mol. The Morgan fingerprint density at radius 1 is 0.756 bits per heavy atom. The fraction of sp³-hybridized carbons (Fsp3) is 0.636. The third-order valence-electron chi connectivity index (χ3n) is 9.15. The zero-order chi connectivity index (χ0) is 29.4. The lowest BCUT2D eigenvalue weighted by atomic mass is 9.74. The second kappa shape index (κ2) is 14.7. The van der Waals surface area contributed by atoms with Gasteiger partial charge in [-0.2, -0.15) is 17.6 Å². The van der Waals surface area contributed by atoms with Crippen LogP contribution in [0.5, 0.6) is 11.5 Å². The normalized spacial score (nSPS) is 23.5. The second-order valence-corrected chi connectivity index (χ2v) is 12.0. The molecule has 2 fully saturated rings. The van der Waals surface area contributed by atoms with E-state index in [0.29, 0.717) is 5.92 Å². The van der Waals surface area contributed by atoms with Gasteiger partial charge >= 0.3 is 12.7 Å². The summed E-state index contributed by atoms with van der Waals surface area (Å²) in [4.78, 5) is 0. The number of benzene rings is 2. The van der Waals surface area contributed by atoms with Gasteiger partial charge < -0.3 is 9.47 Å². The highest BCUT2D eigenvalue weighted by atomic mass is 19.3. The van der Waals surface area contributed by atoms with Gasteiger partial charge in [-0.3, -0.25) is 0 Å². The van der Waals surface area contributed by atoms with Crippen LogP contribution in [0.2, 0.25) is 0 Å². The molecule has 228 valence electrons. The van der Waals surface area contributed by atoms with Gasteiger partial charge in [-0.1, -0.05) is 83.3 Å². The van der Waals surface area contributed by atoms with E-state index in [1.165, 1.54) is 89.2 Å². The molecule has 0 N–H and O–H groups in total. The van der Waals surface area contributed by atoms with E-state index in [2.05, 4.69) is 11.7 Å². The number of alkyl halides is 4. The average Bonchev–Trinajstić information content (AvgIpc) is 2.95. The molecule has 0 saturated heterocycles. The molecule has 0 aromatic heterocycles. The number of halogens is 6. The van der Waals surface area contributed by atoms with Crippen molar-refractivity contribution in [2.24, 2.45) is 17.8 Å². The molecule has 2 aromatic rings. The van der Waals surface area contributed by atoms with Gasteiger partial charge in [0.05, 0.1) is 5.56 Å². The van der Waals surface area contributed by atoms with Gasteiger partial charge in [0.2, 0.25) is 0 Å². The Morgan fingerprint density at radius 2 is 1.27 bits per heavy atom. The van der Waals surface area contributed by atoms with E-state index < -0.39 is 35.7 Å². The topological polar surface area (TPSA) is 18.5 Å². The van der Waals surface area contributed by atoms with Crippen LogP contribution in [0.15, 0.2) is 36.4 Å². The lowest BCUT2D eigenvalue weighted by molar-refractivity contribution is -0.185. The van der Waals surface area contributed by atoms with E-state index >= 15 is 0 Å². The van der Waals surface area contributed by atoms with Gasteiger partial charge in [-0.15, -0.1) is 0 Å². The van der Waals surface area contributed by atoms with Crippen LogP contribution in [0.3, 0.4) is 0 Å². The minimum atomic E-state index is -4.08. The maximum atomic E-state index is 14.6. The van der Waals surface area contributed by atoms with E-state index in [4.69, 9.17) is 4.74 Å². The predicted molar refractivity (Wildman–Crippen MR) is 147 cm³/mol. The number of unbranched alkanes of at least 4 members (excludes halogenated alkanes) is 2. The number of hydrogen-bond acceptors (Lipinski definition) is 2. The fourth-order valence-corrected chi connectivity index (χ4v) is 6.69. The third-order valence-corrected chi connectivity index (χ3v) is 9.15. The molecule has 0 amide bonds. The van der Waals surface area contributed by atoms with Crippen molar-refractivity contribution in [1.82, 2.24) is 0 Å². The molecule has 0 atom stereocenters. The van der Waals surface area contributed by atoms with Crippen molar-refractivity contribution in [1.29, 1.82) is 0 Å². The Labute approximate surface area is 239 Å². The van der Waals surface area contributed by atoms with E-state index in [-0.39, 0.29) is 17.9 Å². The summed E-state index contributed by atoms with van der Waals surface area (Å²) < 4.78 is 90.3. The maximum Gasteiger partial charge on any atom is 0.426 e. The Balaban J connectivity index is 1.22. The van der Waals surface area contributed by atoms with Crippen LogP contribution in [-0.2, 0) is 6.11 Å². The molecule has 0 aliphatic heterocycles. The third kappa shape index (κ3) is 9.05. The van der Waals surface area contributed by atoms with Crippen LogP contribution in [0.4, 0.5) is 26.3 Å². The van der Waals surface area contributed by atoms with Gasteiger partial charge in [0, 0.05) is 0 Å². The molecule has 2 aromatic carbocycles. The molecule has 0 heterocycles. The summed E-state index contributed by atoms with van der Waals surface area (Å²) in [5.74, 6) is -1.96. The highest BCUT2D eigenvalue weighted by molar-refractivity contribution is 5.35.